The van der Waals surface area contributed by atoms with Gasteiger partial charge in [0.05, 0.1) is 4.90 Å². The molecule has 28 heavy (non-hydrogen) atoms. The first-order valence-electron chi connectivity index (χ1n) is 9.58. The Kier molecular flexibility index (Phi) is 6.26. The van der Waals surface area contributed by atoms with Gasteiger partial charge in [0.25, 0.3) is 0 Å². The molecule has 0 saturated carbocycles. The largest absolute Gasteiger partial charge is 0.404 e. The van der Waals surface area contributed by atoms with Crippen LogP contribution in [0.1, 0.15) is 12.8 Å². The number of hydrogen-bond donors (Lipinski definition) is 0. The highest BCUT2D eigenvalue weighted by Gasteiger charge is 2.44. The normalized spacial score (nSPS) is 25.8. The minimum atomic E-state index is -4.15. The molecule has 0 aromatic heterocycles. The second-order valence-electron chi connectivity index (χ2n) is 8.00. The van der Waals surface area contributed by atoms with E-state index in [-0.39, 0.29) is 12.3 Å². The minimum Gasteiger partial charge on any atom is -0.369 e. The summed E-state index contributed by atoms with van der Waals surface area (Å²) in [6.07, 6.45) is -2.17. The summed E-state index contributed by atoms with van der Waals surface area (Å²) in [7, 11) is -1.67. The number of rotatable bonds is 4. The topological polar surface area (TPSA) is 43.9 Å². The lowest BCUT2D eigenvalue weighted by molar-refractivity contribution is -0.190. The number of benzene rings is 1. The molecule has 1 aromatic rings. The van der Waals surface area contributed by atoms with Crippen molar-refractivity contribution in [3.63, 3.8) is 0 Å². The number of nitrogens with zero attached hydrogens (tertiary/aromatic N) is 3. The van der Waals surface area contributed by atoms with Gasteiger partial charge in [0.2, 0.25) is 0 Å². The van der Waals surface area contributed by atoms with Crippen LogP contribution in [0.2, 0.25) is 0 Å². The van der Waals surface area contributed by atoms with Crippen molar-refractivity contribution in [2.75, 3.05) is 57.5 Å². The monoisotopic (exact) mass is 419 g/mol. The number of hydrogen-bond acceptors (Lipinski definition) is 5. The lowest BCUT2D eigenvalue weighted by Gasteiger charge is -2.42. The van der Waals surface area contributed by atoms with E-state index in [0.717, 1.165) is 38.4 Å². The van der Waals surface area contributed by atoms with E-state index in [1.807, 2.05) is 6.07 Å². The number of sulfone groups is 1. The van der Waals surface area contributed by atoms with Crippen molar-refractivity contribution in [2.24, 2.45) is 5.92 Å². The molecule has 2 atom stereocenters. The van der Waals surface area contributed by atoms with Crippen LogP contribution in [0, 0.1) is 5.92 Å². The van der Waals surface area contributed by atoms with Gasteiger partial charge in [0, 0.05) is 51.2 Å². The number of alkyl halides is 3. The third-order valence-corrected chi connectivity index (χ3v) is 6.91. The SMILES string of the molecule is CN1CC(CN2CCN(c3cccc(S(C)(=O)=O)c3)CC2)CCC1C(F)(F)F. The van der Waals surface area contributed by atoms with Crippen molar-refractivity contribution in [1.82, 2.24) is 9.80 Å². The van der Waals surface area contributed by atoms with Gasteiger partial charge in [-0.2, -0.15) is 13.2 Å². The Morgan fingerprint density at radius 2 is 1.79 bits per heavy atom. The Morgan fingerprint density at radius 3 is 2.36 bits per heavy atom. The molecule has 2 unspecified atom stereocenters. The fourth-order valence-corrected chi connectivity index (χ4v) is 4.93. The van der Waals surface area contributed by atoms with E-state index < -0.39 is 22.1 Å². The summed E-state index contributed by atoms with van der Waals surface area (Å²) in [6, 6.07) is 5.66. The zero-order chi connectivity index (χ0) is 20.5. The Hall–Kier alpha value is -1.32. The second-order valence-corrected chi connectivity index (χ2v) is 10.0. The zero-order valence-electron chi connectivity index (χ0n) is 16.3. The fraction of sp³-hybridized carbons (Fsp3) is 0.684. The maximum Gasteiger partial charge on any atom is 0.404 e. The standard InChI is InChI=1S/C19H28F3N3O2S/c1-23-13-15(6-7-18(23)19(20,21)22)14-24-8-10-25(11-9-24)16-4-3-5-17(12-16)28(2,26)27/h3-5,12,15,18H,6-11,13-14H2,1-2H3. The Labute approximate surface area is 165 Å². The summed E-state index contributed by atoms with van der Waals surface area (Å²) in [5, 5.41) is 0. The predicted molar refractivity (Wildman–Crippen MR) is 103 cm³/mol. The van der Waals surface area contributed by atoms with E-state index in [1.54, 1.807) is 25.2 Å². The van der Waals surface area contributed by atoms with Gasteiger partial charge in [0.15, 0.2) is 9.84 Å². The zero-order valence-corrected chi connectivity index (χ0v) is 17.1. The van der Waals surface area contributed by atoms with Crippen LogP contribution < -0.4 is 4.90 Å². The molecule has 5 nitrogen and oxygen atoms in total. The molecule has 2 fully saturated rings. The highest BCUT2D eigenvalue weighted by atomic mass is 32.2. The molecular weight excluding hydrogens is 391 g/mol. The van der Waals surface area contributed by atoms with Gasteiger partial charge in [-0.1, -0.05) is 6.07 Å². The summed E-state index contributed by atoms with van der Waals surface area (Å²) in [5.74, 6) is 0.253. The highest BCUT2D eigenvalue weighted by molar-refractivity contribution is 7.90. The number of halogens is 3. The Balaban J connectivity index is 1.51. The van der Waals surface area contributed by atoms with Crippen LogP contribution in [0.5, 0.6) is 0 Å². The molecule has 2 heterocycles. The molecule has 2 saturated heterocycles. The van der Waals surface area contributed by atoms with E-state index in [0.29, 0.717) is 17.9 Å². The third kappa shape index (κ3) is 5.18. The van der Waals surface area contributed by atoms with Crippen molar-refractivity contribution in [2.45, 2.75) is 30.0 Å². The van der Waals surface area contributed by atoms with E-state index >= 15 is 0 Å². The first-order valence-corrected chi connectivity index (χ1v) is 11.5. The summed E-state index contributed by atoms with van der Waals surface area (Å²) in [6.45, 7) is 4.49. The smallest absolute Gasteiger partial charge is 0.369 e. The van der Waals surface area contributed by atoms with Gasteiger partial charge in [-0.15, -0.1) is 0 Å². The van der Waals surface area contributed by atoms with Gasteiger partial charge in [-0.05, 0) is 44.0 Å². The lowest BCUT2D eigenvalue weighted by atomic mass is 9.92. The van der Waals surface area contributed by atoms with E-state index in [2.05, 4.69) is 9.80 Å². The lowest BCUT2D eigenvalue weighted by Crippen LogP contribution is -2.53. The van der Waals surface area contributed by atoms with E-state index in [1.165, 1.54) is 11.2 Å². The molecule has 0 radical (unpaired) electrons. The molecule has 0 amide bonds. The van der Waals surface area contributed by atoms with Crippen molar-refractivity contribution < 1.29 is 21.6 Å². The molecule has 3 rings (SSSR count). The predicted octanol–water partition coefficient (Wildman–Crippen LogP) is 2.48. The van der Waals surface area contributed by atoms with Gasteiger partial charge >= 0.3 is 6.18 Å². The van der Waals surface area contributed by atoms with Crippen LogP contribution in [0.25, 0.3) is 0 Å². The molecular formula is C19H28F3N3O2S. The van der Waals surface area contributed by atoms with Crippen LogP contribution >= 0.6 is 0 Å². The average molecular weight is 420 g/mol. The van der Waals surface area contributed by atoms with Crippen LogP contribution in [-0.2, 0) is 9.84 Å². The Bertz CT molecular complexity index is 777. The molecule has 0 spiro atoms. The van der Waals surface area contributed by atoms with Crippen molar-refractivity contribution >= 4 is 15.5 Å². The summed E-state index contributed by atoms with van der Waals surface area (Å²) < 4.78 is 62.5. The average Bonchev–Trinajstić information content (AvgIpc) is 2.61. The minimum absolute atomic E-state index is 0.170. The van der Waals surface area contributed by atoms with E-state index in [9.17, 15) is 21.6 Å². The van der Waals surface area contributed by atoms with Crippen LogP contribution in [0.15, 0.2) is 29.2 Å². The highest BCUT2D eigenvalue weighted by Crippen LogP contribution is 2.33. The number of piperidine rings is 1. The first kappa shape index (κ1) is 21.4. The van der Waals surface area contributed by atoms with Crippen LogP contribution in [0.4, 0.5) is 18.9 Å². The molecule has 1 aromatic carbocycles. The molecule has 2 aliphatic rings. The number of anilines is 1. The van der Waals surface area contributed by atoms with Crippen molar-refractivity contribution in [3.05, 3.63) is 24.3 Å². The molecule has 158 valence electrons. The maximum atomic E-state index is 13.0. The molecule has 0 bridgehead atoms. The summed E-state index contributed by atoms with van der Waals surface area (Å²) in [4.78, 5) is 6.24. The van der Waals surface area contributed by atoms with Gasteiger partial charge in [-0.25, -0.2) is 8.42 Å². The molecule has 2 aliphatic heterocycles. The summed E-state index contributed by atoms with van der Waals surface area (Å²) in [5.41, 5.74) is 0.896. The second kappa shape index (κ2) is 8.20. The number of likely N-dealkylation sites (tertiary alicyclic amines) is 1. The van der Waals surface area contributed by atoms with Gasteiger partial charge < -0.3 is 4.90 Å². The van der Waals surface area contributed by atoms with Gasteiger partial charge in [0.1, 0.15) is 6.04 Å². The first-order chi connectivity index (χ1) is 13.0. The third-order valence-electron chi connectivity index (χ3n) is 5.80. The van der Waals surface area contributed by atoms with Crippen LogP contribution in [-0.4, -0.2) is 83.0 Å². The molecule has 0 aliphatic carbocycles. The van der Waals surface area contributed by atoms with Crippen LogP contribution in [0.3, 0.4) is 0 Å². The van der Waals surface area contributed by atoms with Gasteiger partial charge in [-0.3, -0.25) is 9.80 Å². The van der Waals surface area contributed by atoms with E-state index in [4.69, 9.17) is 0 Å². The summed E-state index contributed by atoms with van der Waals surface area (Å²) >= 11 is 0. The molecule has 9 heteroatoms. The molecule has 0 N–H and O–H groups in total. The van der Waals surface area contributed by atoms with Crippen molar-refractivity contribution in [1.29, 1.82) is 0 Å². The maximum absolute atomic E-state index is 13.0. The van der Waals surface area contributed by atoms with Crippen molar-refractivity contribution in [3.8, 4) is 0 Å². The quantitative estimate of drug-likeness (QED) is 0.750. The Morgan fingerprint density at radius 1 is 1.11 bits per heavy atom. The fourth-order valence-electron chi connectivity index (χ4n) is 4.27. The number of piperazine rings is 1.